The Morgan fingerprint density at radius 3 is 1.31 bits per heavy atom. The van der Waals surface area contributed by atoms with Gasteiger partial charge in [0.1, 0.15) is 39.2 Å². The fraction of sp³-hybridized carbons (Fsp3) is 0. The van der Waals surface area contributed by atoms with E-state index in [1.165, 1.54) is 53.5 Å². The maximum Gasteiger partial charge on any atom is 0.164 e. The molecule has 0 bridgehead atoms. The third kappa shape index (κ3) is 5.14. The summed E-state index contributed by atoms with van der Waals surface area (Å²) >= 11 is 1.74. The topological polar surface area (TPSA) is 38.7 Å². The molecule has 2 heterocycles. The van der Waals surface area contributed by atoms with E-state index in [1.54, 1.807) is 11.3 Å². The highest BCUT2D eigenvalue weighted by atomic mass is 32.1. The summed E-state index contributed by atoms with van der Waals surface area (Å²) in [4.78, 5) is 14.6. The molecule has 3 nitrogen and oxygen atoms in total. The molecule has 9 heteroatoms. The second kappa shape index (κ2) is 12.6. The fourth-order valence-corrected chi connectivity index (χ4v) is 8.79. The first-order valence-corrected chi connectivity index (χ1v) is 18.3. The Hall–Kier alpha value is -5.91. The van der Waals surface area contributed by atoms with Crippen LogP contribution in [0.3, 0.4) is 0 Å². The summed E-state index contributed by atoms with van der Waals surface area (Å²) in [5.74, 6) is 1.17. The normalized spacial score (nSPS) is 11.7. The van der Waals surface area contributed by atoms with Crippen LogP contribution < -0.4 is 27.3 Å². The van der Waals surface area contributed by atoms with Crippen molar-refractivity contribution in [2.24, 2.45) is 0 Å². The first-order chi connectivity index (χ1) is 26.3. The minimum Gasteiger partial charge on any atom is -0.208 e. The molecule has 0 atom stereocenters. The highest BCUT2D eigenvalue weighted by Gasteiger charge is 2.19. The molecule has 0 spiro atoms. The summed E-state index contributed by atoms with van der Waals surface area (Å²) in [6.07, 6.45) is 0. The van der Waals surface area contributed by atoms with Crippen LogP contribution in [0.25, 0.3) is 97.8 Å². The Bertz CT molecular complexity index is 3120. The molecule has 10 radical (unpaired) electrons. The van der Waals surface area contributed by atoms with E-state index in [1.807, 2.05) is 36.4 Å². The average molecular weight is 691 g/mol. The van der Waals surface area contributed by atoms with Crippen LogP contribution in [0.5, 0.6) is 0 Å². The van der Waals surface area contributed by atoms with Gasteiger partial charge in [0.25, 0.3) is 0 Å². The smallest absolute Gasteiger partial charge is 0.164 e. The Balaban J connectivity index is 1.10. The quantitative estimate of drug-likeness (QED) is 0.160. The summed E-state index contributed by atoms with van der Waals surface area (Å²) in [6.45, 7) is 0. The Morgan fingerprint density at radius 1 is 0.315 bits per heavy atom. The Labute approximate surface area is 322 Å². The van der Waals surface area contributed by atoms with Crippen molar-refractivity contribution in [1.29, 1.82) is 0 Å². The zero-order chi connectivity index (χ0) is 36.7. The average Bonchev–Trinajstić information content (AvgIpc) is 3.59. The minimum absolute atomic E-state index is 0.132. The van der Waals surface area contributed by atoms with E-state index in [-0.39, 0.29) is 33.1 Å². The van der Waals surface area contributed by atoms with Crippen LogP contribution in [-0.2, 0) is 0 Å². The summed E-state index contributed by atoms with van der Waals surface area (Å²) in [5.41, 5.74) is 5.03. The second-order valence-corrected chi connectivity index (χ2v) is 14.6. The minimum atomic E-state index is 0.132. The first kappa shape index (κ1) is 32.7. The zero-order valence-corrected chi connectivity index (χ0v) is 29.7. The molecule has 0 saturated carbocycles. The van der Waals surface area contributed by atoms with Gasteiger partial charge in [-0.3, -0.25) is 0 Å². The molecule has 54 heavy (non-hydrogen) atoms. The van der Waals surface area contributed by atoms with Gasteiger partial charge in [-0.05, 0) is 61.6 Å². The van der Waals surface area contributed by atoms with E-state index in [0.717, 1.165) is 21.2 Å². The van der Waals surface area contributed by atoms with Crippen LogP contribution >= 0.6 is 11.3 Å². The molecule has 2 aromatic heterocycles. The monoisotopic (exact) mass is 691 g/mol. The number of hydrogen-bond donors (Lipinski definition) is 0. The van der Waals surface area contributed by atoms with Crippen molar-refractivity contribution < 1.29 is 0 Å². The van der Waals surface area contributed by atoms with E-state index in [2.05, 4.69) is 97.1 Å². The summed E-state index contributed by atoms with van der Waals surface area (Å²) in [5, 5.41) is 9.93. The number of nitrogens with zero attached hydrogens (tertiary/aromatic N) is 3. The standard InChI is InChI=1S/C45H22B5N3S/c46-38-37(39(47)41(49)42(50)40(38)48)45-52-43(23-8-2-1-3-9-23)51-44(53-45)26-16-19-33-32-18-15-25(21-35(32)54-36(33)22-26)24-14-17-31-29-12-5-4-10-27(29)28-11-6-7-13-30(28)34(31)20-24/h1-22H. The molecule has 0 aliphatic heterocycles. The van der Waals surface area contributed by atoms with Gasteiger partial charge in [0.05, 0.1) is 0 Å². The van der Waals surface area contributed by atoms with E-state index >= 15 is 0 Å². The van der Waals surface area contributed by atoms with Crippen molar-refractivity contribution in [3.8, 4) is 45.3 Å². The van der Waals surface area contributed by atoms with Crippen molar-refractivity contribution >= 4 is 130 Å². The van der Waals surface area contributed by atoms with E-state index in [4.69, 9.17) is 54.2 Å². The predicted octanol–water partition coefficient (Wildman–Crippen LogP) is 6.34. The summed E-state index contributed by atoms with van der Waals surface area (Å²) in [7, 11) is 31.5. The first-order valence-electron chi connectivity index (χ1n) is 17.5. The number of benzene rings is 8. The fourth-order valence-electron chi connectivity index (χ4n) is 7.61. The Morgan fingerprint density at radius 2 is 0.722 bits per heavy atom. The van der Waals surface area contributed by atoms with Crippen molar-refractivity contribution in [1.82, 2.24) is 15.0 Å². The van der Waals surface area contributed by atoms with Crippen LogP contribution in [0.15, 0.2) is 133 Å². The van der Waals surface area contributed by atoms with Gasteiger partial charge in [0, 0.05) is 36.9 Å². The third-order valence-electron chi connectivity index (χ3n) is 10.4. The molecule has 0 amide bonds. The lowest BCUT2D eigenvalue weighted by Gasteiger charge is -2.20. The summed E-state index contributed by atoms with van der Waals surface area (Å²) in [6, 6.07) is 46.9. The molecular formula is C45H22B5N3S. The maximum atomic E-state index is 6.47. The van der Waals surface area contributed by atoms with Crippen molar-refractivity contribution in [3.05, 3.63) is 133 Å². The molecular weight excluding hydrogens is 669 g/mol. The highest BCUT2D eigenvalue weighted by molar-refractivity contribution is 7.25. The summed E-state index contributed by atoms with van der Waals surface area (Å²) < 4.78 is 2.30. The van der Waals surface area contributed by atoms with E-state index in [0.29, 0.717) is 17.2 Å². The van der Waals surface area contributed by atoms with Gasteiger partial charge >= 0.3 is 0 Å². The molecule has 10 rings (SSSR count). The van der Waals surface area contributed by atoms with Crippen LogP contribution in [0.2, 0.25) is 0 Å². The lowest BCUT2D eigenvalue weighted by atomic mass is 9.60. The molecule has 0 aliphatic rings. The molecule has 8 aromatic carbocycles. The molecule has 0 saturated heterocycles. The van der Waals surface area contributed by atoms with Crippen molar-refractivity contribution in [2.45, 2.75) is 0 Å². The number of hydrogen-bond acceptors (Lipinski definition) is 4. The predicted molar refractivity (Wildman–Crippen MR) is 234 cm³/mol. The van der Waals surface area contributed by atoms with Gasteiger partial charge in [0.2, 0.25) is 0 Å². The lowest BCUT2D eigenvalue weighted by molar-refractivity contribution is 1.08. The van der Waals surface area contributed by atoms with Crippen molar-refractivity contribution in [3.63, 3.8) is 0 Å². The van der Waals surface area contributed by atoms with Gasteiger partial charge < -0.3 is 0 Å². The molecule has 0 fully saturated rings. The van der Waals surface area contributed by atoms with Gasteiger partial charge in [0.15, 0.2) is 17.5 Å². The number of thiophene rings is 1. The number of aromatic nitrogens is 3. The van der Waals surface area contributed by atoms with Gasteiger partial charge in [-0.1, -0.05) is 126 Å². The van der Waals surface area contributed by atoms with E-state index < -0.39 is 0 Å². The van der Waals surface area contributed by atoms with Crippen LogP contribution in [0.4, 0.5) is 0 Å². The third-order valence-corrected chi connectivity index (χ3v) is 11.5. The van der Waals surface area contributed by atoms with E-state index in [9.17, 15) is 0 Å². The molecule has 0 N–H and O–H groups in total. The molecule has 238 valence electrons. The van der Waals surface area contributed by atoms with Gasteiger partial charge in [-0.25, -0.2) is 15.0 Å². The molecule has 10 aromatic rings. The van der Waals surface area contributed by atoms with Crippen molar-refractivity contribution in [2.75, 3.05) is 0 Å². The molecule has 0 unspecified atom stereocenters. The second-order valence-electron chi connectivity index (χ2n) is 13.5. The SMILES string of the molecule is [B]c1c([B])c([B])c(-c2nc(-c3ccccc3)nc(-c3ccc4c(c3)sc3cc(-c5ccc6c7ccccc7c7ccccc7c6c5)ccc34)n2)c([B])c1[B]. The highest BCUT2D eigenvalue weighted by Crippen LogP contribution is 2.40. The number of rotatable bonds is 4. The van der Waals surface area contributed by atoms with Crippen LogP contribution in [0.1, 0.15) is 0 Å². The van der Waals surface area contributed by atoms with Gasteiger partial charge in [-0.15, -0.1) is 27.7 Å². The number of fused-ring (bicyclic) bond motifs is 9. The van der Waals surface area contributed by atoms with Gasteiger partial charge in [-0.2, -0.15) is 0 Å². The lowest BCUT2D eigenvalue weighted by Crippen LogP contribution is -2.55. The van der Waals surface area contributed by atoms with Crippen LogP contribution in [0, 0.1) is 0 Å². The maximum absolute atomic E-state index is 6.47. The largest absolute Gasteiger partial charge is 0.208 e. The van der Waals surface area contributed by atoms with Crippen LogP contribution in [-0.4, -0.2) is 54.2 Å². The Kier molecular flexibility index (Phi) is 7.64. The zero-order valence-electron chi connectivity index (χ0n) is 28.8. The molecule has 0 aliphatic carbocycles.